The quantitative estimate of drug-likeness (QED) is 0.574. The number of carbonyl (C=O) groups is 2. The van der Waals surface area contributed by atoms with Crippen molar-refractivity contribution in [2.45, 2.75) is 6.92 Å². The first-order chi connectivity index (χ1) is 12.7. The molecule has 5 nitrogen and oxygen atoms in total. The number of carbonyl (C=O) groups excluding carboxylic acids is 2. The summed E-state index contributed by atoms with van der Waals surface area (Å²) in [6.45, 7) is 1.81. The van der Waals surface area contributed by atoms with Gasteiger partial charge in [-0.15, -0.1) is 0 Å². The molecule has 130 valence electrons. The standard InChI is InChI=1S/C21H18N2O3/c1-2-26-21(25)20(24)23-18-12-8-15(9-13-18)7-11-17-14-10-16-5-3-4-6-19(16)22-17/h3-14H,2H2,1H3,(H,23,24)/b11-7+. The van der Waals surface area contributed by atoms with Crippen LogP contribution in [0.5, 0.6) is 0 Å². The van der Waals surface area contributed by atoms with Crippen LogP contribution in [0.2, 0.25) is 0 Å². The Bertz CT molecular complexity index is 962. The molecule has 0 spiro atoms. The number of hydrogen-bond acceptors (Lipinski definition) is 4. The van der Waals surface area contributed by atoms with E-state index in [1.165, 1.54) is 0 Å². The van der Waals surface area contributed by atoms with Crippen molar-refractivity contribution < 1.29 is 14.3 Å². The maximum Gasteiger partial charge on any atom is 0.397 e. The lowest BCUT2D eigenvalue weighted by Gasteiger charge is -2.04. The number of nitrogens with one attached hydrogen (secondary N) is 1. The van der Waals surface area contributed by atoms with Gasteiger partial charge in [0.2, 0.25) is 0 Å². The van der Waals surface area contributed by atoms with E-state index in [4.69, 9.17) is 0 Å². The Morgan fingerprint density at radius 1 is 1.00 bits per heavy atom. The minimum atomic E-state index is -0.890. The van der Waals surface area contributed by atoms with E-state index in [1.54, 1.807) is 19.1 Å². The average molecular weight is 346 g/mol. The highest BCUT2D eigenvalue weighted by Gasteiger charge is 2.14. The third-order valence-electron chi connectivity index (χ3n) is 3.70. The van der Waals surface area contributed by atoms with Crippen LogP contribution in [0.15, 0.2) is 60.7 Å². The van der Waals surface area contributed by atoms with E-state index in [2.05, 4.69) is 15.0 Å². The van der Waals surface area contributed by atoms with Gasteiger partial charge in [-0.1, -0.05) is 42.5 Å². The van der Waals surface area contributed by atoms with Gasteiger partial charge in [0.15, 0.2) is 0 Å². The van der Waals surface area contributed by atoms with Gasteiger partial charge in [0, 0.05) is 11.1 Å². The summed E-state index contributed by atoms with van der Waals surface area (Å²) < 4.78 is 4.65. The third kappa shape index (κ3) is 4.33. The summed E-state index contributed by atoms with van der Waals surface area (Å²) in [4.78, 5) is 27.5. The molecule has 0 aliphatic heterocycles. The van der Waals surface area contributed by atoms with Crippen molar-refractivity contribution >= 4 is 40.6 Å². The first kappa shape index (κ1) is 17.4. The minimum absolute atomic E-state index is 0.165. The van der Waals surface area contributed by atoms with Crippen LogP contribution in [0.25, 0.3) is 23.1 Å². The topological polar surface area (TPSA) is 68.3 Å². The SMILES string of the molecule is CCOC(=O)C(=O)Nc1ccc(/C=C/c2ccc3ccccc3n2)cc1. The number of ether oxygens (including phenoxy) is 1. The van der Waals surface area contributed by atoms with Crippen LogP contribution in [0, 0.1) is 0 Å². The van der Waals surface area contributed by atoms with Gasteiger partial charge in [0.05, 0.1) is 17.8 Å². The molecule has 1 N–H and O–H groups in total. The Hall–Kier alpha value is -3.47. The number of aromatic nitrogens is 1. The average Bonchev–Trinajstić information content (AvgIpc) is 2.67. The molecule has 2 aromatic carbocycles. The Kier molecular flexibility index (Phi) is 5.39. The highest BCUT2D eigenvalue weighted by atomic mass is 16.5. The lowest BCUT2D eigenvalue weighted by atomic mass is 10.1. The van der Waals surface area contributed by atoms with E-state index in [0.717, 1.165) is 22.2 Å². The Morgan fingerprint density at radius 3 is 2.54 bits per heavy atom. The van der Waals surface area contributed by atoms with E-state index < -0.39 is 11.9 Å². The fourth-order valence-electron chi connectivity index (χ4n) is 2.41. The van der Waals surface area contributed by atoms with Crippen molar-refractivity contribution in [2.75, 3.05) is 11.9 Å². The van der Waals surface area contributed by atoms with Crippen LogP contribution < -0.4 is 5.32 Å². The molecule has 0 saturated heterocycles. The molecule has 0 aliphatic rings. The molecule has 0 saturated carbocycles. The normalized spacial score (nSPS) is 10.8. The van der Waals surface area contributed by atoms with E-state index in [1.807, 2.05) is 60.7 Å². The van der Waals surface area contributed by atoms with Crippen LogP contribution in [-0.4, -0.2) is 23.5 Å². The van der Waals surface area contributed by atoms with E-state index in [0.29, 0.717) is 5.69 Å². The molecule has 0 aliphatic carbocycles. The van der Waals surface area contributed by atoms with Gasteiger partial charge in [-0.25, -0.2) is 9.78 Å². The highest BCUT2D eigenvalue weighted by Crippen LogP contribution is 2.15. The molecule has 5 heteroatoms. The summed E-state index contributed by atoms with van der Waals surface area (Å²) in [5.74, 6) is -1.67. The number of esters is 1. The first-order valence-electron chi connectivity index (χ1n) is 8.28. The van der Waals surface area contributed by atoms with Crippen LogP contribution in [0.4, 0.5) is 5.69 Å². The Balaban J connectivity index is 1.67. The molecule has 1 aromatic heterocycles. The van der Waals surface area contributed by atoms with Crippen molar-refractivity contribution in [3.8, 4) is 0 Å². The summed E-state index contributed by atoms with van der Waals surface area (Å²) in [5.41, 5.74) is 3.30. The maximum atomic E-state index is 11.6. The molecule has 0 unspecified atom stereocenters. The number of benzene rings is 2. The number of rotatable bonds is 4. The molecular formula is C21H18N2O3. The molecule has 1 amide bonds. The zero-order valence-electron chi connectivity index (χ0n) is 14.3. The van der Waals surface area contributed by atoms with Gasteiger partial charge in [0.1, 0.15) is 0 Å². The highest BCUT2D eigenvalue weighted by molar-refractivity contribution is 6.37. The molecular weight excluding hydrogens is 328 g/mol. The summed E-state index contributed by atoms with van der Waals surface area (Å²) in [6.07, 6.45) is 3.87. The van der Waals surface area contributed by atoms with Gasteiger partial charge < -0.3 is 10.1 Å². The molecule has 3 aromatic rings. The zero-order valence-corrected chi connectivity index (χ0v) is 14.3. The van der Waals surface area contributed by atoms with Gasteiger partial charge in [0.25, 0.3) is 0 Å². The molecule has 1 heterocycles. The third-order valence-corrected chi connectivity index (χ3v) is 3.70. The fraction of sp³-hybridized carbons (Fsp3) is 0.0952. The molecule has 0 atom stereocenters. The van der Waals surface area contributed by atoms with Crippen molar-refractivity contribution in [1.29, 1.82) is 0 Å². The van der Waals surface area contributed by atoms with Crippen LogP contribution in [0.3, 0.4) is 0 Å². The van der Waals surface area contributed by atoms with Gasteiger partial charge >= 0.3 is 11.9 Å². The predicted molar refractivity (Wildman–Crippen MR) is 102 cm³/mol. The number of pyridine rings is 1. The molecule has 3 rings (SSSR count). The lowest BCUT2D eigenvalue weighted by molar-refractivity contribution is -0.152. The smallest absolute Gasteiger partial charge is 0.397 e. The van der Waals surface area contributed by atoms with Crippen molar-refractivity contribution in [2.24, 2.45) is 0 Å². The van der Waals surface area contributed by atoms with Crippen LogP contribution in [0.1, 0.15) is 18.2 Å². The number of nitrogens with zero attached hydrogens (tertiary/aromatic N) is 1. The second-order valence-corrected chi connectivity index (χ2v) is 5.56. The lowest BCUT2D eigenvalue weighted by Crippen LogP contribution is -2.24. The first-order valence-corrected chi connectivity index (χ1v) is 8.28. The summed E-state index contributed by atoms with van der Waals surface area (Å²) in [5, 5.41) is 3.60. The number of amides is 1. The largest absolute Gasteiger partial charge is 0.459 e. The Morgan fingerprint density at radius 2 is 1.77 bits per heavy atom. The van der Waals surface area contributed by atoms with Gasteiger partial charge in [-0.05, 0) is 42.8 Å². The minimum Gasteiger partial charge on any atom is -0.459 e. The molecule has 0 fully saturated rings. The van der Waals surface area contributed by atoms with Gasteiger partial charge in [-0.3, -0.25) is 4.79 Å². The van der Waals surface area contributed by atoms with E-state index in [-0.39, 0.29) is 6.61 Å². The summed E-state index contributed by atoms with van der Waals surface area (Å²) >= 11 is 0. The number of hydrogen-bond donors (Lipinski definition) is 1. The zero-order chi connectivity index (χ0) is 18.4. The van der Waals surface area contributed by atoms with E-state index in [9.17, 15) is 9.59 Å². The van der Waals surface area contributed by atoms with Crippen molar-refractivity contribution in [3.63, 3.8) is 0 Å². The summed E-state index contributed by atoms with van der Waals surface area (Å²) in [6, 6.07) is 19.1. The molecule has 0 radical (unpaired) electrons. The fourth-order valence-corrected chi connectivity index (χ4v) is 2.41. The van der Waals surface area contributed by atoms with Crippen LogP contribution in [-0.2, 0) is 14.3 Å². The van der Waals surface area contributed by atoms with Crippen LogP contribution >= 0.6 is 0 Å². The molecule has 26 heavy (non-hydrogen) atoms. The molecule has 0 bridgehead atoms. The second kappa shape index (κ2) is 8.07. The second-order valence-electron chi connectivity index (χ2n) is 5.56. The van der Waals surface area contributed by atoms with Crippen molar-refractivity contribution in [1.82, 2.24) is 4.98 Å². The van der Waals surface area contributed by atoms with Crippen molar-refractivity contribution in [3.05, 3.63) is 71.9 Å². The Labute approximate surface area is 151 Å². The summed E-state index contributed by atoms with van der Waals surface area (Å²) in [7, 11) is 0. The monoisotopic (exact) mass is 346 g/mol. The number of anilines is 1. The maximum absolute atomic E-state index is 11.6. The number of fused-ring (bicyclic) bond motifs is 1. The van der Waals surface area contributed by atoms with E-state index >= 15 is 0 Å². The van der Waals surface area contributed by atoms with Gasteiger partial charge in [-0.2, -0.15) is 0 Å². The number of para-hydroxylation sites is 1. The predicted octanol–water partition coefficient (Wildman–Crippen LogP) is 3.91.